The highest BCUT2D eigenvalue weighted by Gasteiger charge is 2.36. The van der Waals surface area contributed by atoms with Crippen molar-refractivity contribution >= 4 is 11.9 Å². The summed E-state index contributed by atoms with van der Waals surface area (Å²) in [6.45, 7) is 2.89. The van der Waals surface area contributed by atoms with Crippen LogP contribution in [-0.2, 0) is 11.3 Å². The van der Waals surface area contributed by atoms with E-state index >= 15 is 0 Å². The minimum Gasteiger partial charge on any atom is -0.481 e. The number of rotatable bonds is 5. The second-order valence-electron chi connectivity index (χ2n) is 4.72. The predicted octanol–water partition coefficient (Wildman–Crippen LogP) is 2.10. The molecule has 1 aliphatic carbocycles. The lowest BCUT2D eigenvalue weighted by atomic mass is 9.93. The van der Waals surface area contributed by atoms with E-state index in [0.717, 1.165) is 38.2 Å². The molecule has 17 heavy (non-hydrogen) atoms. The number of nitrogens with one attached hydrogen (secondary N) is 1. The van der Waals surface area contributed by atoms with Gasteiger partial charge < -0.3 is 15.0 Å². The van der Waals surface area contributed by atoms with Gasteiger partial charge in [0, 0.05) is 18.9 Å². The van der Waals surface area contributed by atoms with Gasteiger partial charge in [-0.1, -0.05) is 12.8 Å². The molecule has 5 heteroatoms. The number of aliphatic carboxylic acids is 1. The Morgan fingerprint density at radius 3 is 2.88 bits per heavy atom. The first-order valence-corrected chi connectivity index (χ1v) is 6.16. The summed E-state index contributed by atoms with van der Waals surface area (Å²) in [7, 11) is 0. The van der Waals surface area contributed by atoms with Crippen LogP contribution in [0.5, 0.6) is 0 Å². The number of anilines is 1. The van der Waals surface area contributed by atoms with Gasteiger partial charge in [0.1, 0.15) is 0 Å². The molecule has 1 fully saturated rings. The molecular weight excluding hydrogens is 218 g/mol. The maximum absolute atomic E-state index is 11.0. The Labute approximate surface area is 101 Å². The molecule has 2 N–H and O–H groups in total. The number of nitrogens with zero attached hydrogens (tertiary/aromatic N) is 2. The van der Waals surface area contributed by atoms with E-state index in [0.29, 0.717) is 0 Å². The van der Waals surface area contributed by atoms with Gasteiger partial charge in [0.2, 0.25) is 5.95 Å². The SMILES string of the molecule is CCn1ccnc1NC1(CC(=O)O)CCCC1. The number of carbonyl (C=O) groups is 1. The molecule has 0 bridgehead atoms. The topological polar surface area (TPSA) is 67.2 Å². The molecule has 1 heterocycles. The van der Waals surface area contributed by atoms with Crippen LogP contribution in [0.2, 0.25) is 0 Å². The Morgan fingerprint density at radius 1 is 1.59 bits per heavy atom. The molecule has 1 aromatic heterocycles. The number of aryl methyl sites for hydroxylation is 1. The Kier molecular flexibility index (Phi) is 3.36. The molecule has 2 rings (SSSR count). The van der Waals surface area contributed by atoms with Crippen molar-refractivity contribution in [2.45, 2.75) is 51.1 Å². The average molecular weight is 237 g/mol. The molecule has 5 nitrogen and oxygen atoms in total. The lowest BCUT2D eigenvalue weighted by molar-refractivity contribution is -0.138. The highest BCUT2D eigenvalue weighted by atomic mass is 16.4. The molecule has 0 amide bonds. The van der Waals surface area contributed by atoms with Gasteiger partial charge in [-0.2, -0.15) is 0 Å². The first kappa shape index (κ1) is 12.0. The van der Waals surface area contributed by atoms with Crippen molar-refractivity contribution in [3.05, 3.63) is 12.4 Å². The molecule has 0 atom stereocenters. The molecule has 0 aromatic carbocycles. The summed E-state index contributed by atoms with van der Waals surface area (Å²) >= 11 is 0. The van der Waals surface area contributed by atoms with Crippen LogP contribution >= 0.6 is 0 Å². The van der Waals surface area contributed by atoms with Crippen molar-refractivity contribution in [3.8, 4) is 0 Å². The molecule has 0 radical (unpaired) electrons. The van der Waals surface area contributed by atoms with E-state index in [4.69, 9.17) is 5.11 Å². The summed E-state index contributed by atoms with van der Waals surface area (Å²) in [4.78, 5) is 15.2. The van der Waals surface area contributed by atoms with Gasteiger partial charge >= 0.3 is 5.97 Å². The largest absolute Gasteiger partial charge is 0.481 e. The van der Waals surface area contributed by atoms with Crippen LogP contribution in [0.3, 0.4) is 0 Å². The summed E-state index contributed by atoms with van der Waals surface area (Å²) in [6, 6.07) is 0. The number of imidazole rings is 1. The van der Waals surface area contributed by atoms with Crippen molar-refractivity contribution < 1.29 is 9.90 Å². The Morgan fingerprint density at radius 2 is 2.29 bits per heavy atom. The van der Waals surface area contributed by atoms with Crippen molar-refractivity contribution in [2.75, 3.05) is 5.32 Å². The van der Waals surface area contributed by atoms with Gasteiger partial charge in [0.05, 0.1) is 12.0 Å². The van der Waals surface area contributed by atoms with E-state index in [1.807, 2.05) is 17.7 Å². The molecule has 0 unspecified atom stereocenters. The molecule has 1 aliphatic rings. The third-order valence-electron chi connectivity index (χ3n) is 3.48. The number of carboxylic acids is 1. The van der Waals surface area contributed by atoms with Crippen LogP contribution in [-0.4, -0.2) is 26.2 Å². The van der Waals surface area contributed by atoms with Gasteiger partial charge in [-0.15, -0.1) is 0 Å². The third kappa shape index (κ3) is 2.60. The van der Waals surface area contributed by atoms with Crippen molar-refractivity contribution in [1.82, 2.24) is 9.55 Å². The highest BCUT2D eigenvalue weighted by molar-refractivity contribution is 5.69. The van der Waals surface area contributed by atoms with E-state index in [9.17, 15) is 4.79 Å². The van der Waals surface area contributed by atoms with Crippen LogP contribution in [0.4, 0.5) is 5.95 Å². The van der Waals surface area contributed by atoms with Crippen LogP contribution in [0.15, 0.2) is 12.4 Å². The van der Waals surface area contributed by atoms with Gasteiger partial charge in [-0.05, 0) is 19.8 Å². The predicted molar refractivity (Wildman–Crippen MR) is 65.0 cm³/mol. The Bertz CT molecular complexity index is 394. The maximum Gasteiger partial charge on any atom is 0.305 e. The van der Waals surface area contributed by atoms with Gasteiger partial charge in [0.15, 0.2) is 0 Å². The molecule has 0 saturated heterocycles. The standard InChI is InChI=1S/C12H19N3O2/c1-2-15-8-7-13-11(15)14-12(9-10(16)17)5-3-4-6-12/h7-8H,2-6,9H2,1H3,(H,13,14)(H,16,17). The fourth-order valence-corrected chi connectivity index (χ4v) is 2.61. The fraction of sp³-hybridized carbons (Fsp3) is 0.667. The molecule has 1 saturated carbocycles. The average Bonchev–Trinajstić information content (AvgIpc) is 2.87. The maximum atomic E-state index is 11.0. The minimum atomic E-state index is -0.742. The summed E-state index contributed by atoms with van der Waals surface area (Å²) in [5, 5.41) is 12.4. The van der Waals surface area contributed by atoms with E-state index in [1.54, 1.807) is 6.20 Å². The zero-order valence-corrected chi connectivity index (χ0v) is 10.1. The molecule has 1 aromatic rings. The summed E-state index contributed by atoms with van der Waals surface area (Å²) < 4.78 is 2.00. The Balaban J connectivity index is 2.15. The van der Waals surface area contributed by atoms with Crippen LogP contribution in [0, 0.1) is 0 Å². The van der Waals surface area contributed by atoms with Gasteiger partial charge in [0.25, 0.3) is 0 Å². The molecular formula is C12H19N3O2. The summed E-state index contributed by atoms with van der Waals surface area (Å²) in [6.07, 6.45) is 7.83. The third-order valence-corrected chi connectivity index (χ3v) is 3.48. The van der Waals surface area contributed by atoms with E-state index in [-0.39, 0.29) is 12.0 Å². The fourth-order valence-electron chi connectivity index (χ4n) is 2.61. The molecule has 94 valence electrons. The monoisotopic (exact) mass is 237 g/mol. The van der Waals surface area contributed by atoms with Gasteiger partial charge in [-0.25, -0.2) is 4.98 Å². The number of carboxylic acid groups (broad SMARTS) is 1. The second kappa shape index (κ2) is 4.77. The summed E-state index contributed by atoms with van der Waals surface area (Å²) in [5.74, 6) is 0.0460. The molecule has 0 aliphatic heterocycles. The summed E-state index contributed by atoms with van der Waals surface area (Å²) in [5.41, 5.74) is -0.301. The zero-order valence-electron chi connectivity index (χ0n) is 10.1. The van der Waals surface area contributed by atoms with Crippen molar-refractivity contribution in [2.24, 2.45) is 0 Å². The first-order valence-electron chi connectivity index (χ1n) is 6.16. The zero-order chi connectivity index (χ0) is 12.3. The van der Waals surface area contributed by atoms with Crippen molar-refractivity contribution in [3.63, 3.8) is 0 Å². The molecule has 0 spiro atoms. The minimum absolute atomic E-state index is 0.170. The van der Waals surface area contributed by atoms with Crippen LogP contribution in [0.1, 0.15) is 39.0 Å². The smallest absolute Gasteiger partial charge is 0.305 e. The van der Waals surface area contributed by atoms with Crippen molar-refractivity contribution in [1.29, 1.82) is 0 Å². The lowest BCUT2D eigenvalue weighted by Gasteiger charge is -2.29. The normalized spacial score (nSPS) is 18.2. The van der Waals surface area contributed by atoms with Crippen LogP contribution in [0.25, 0.3) is 0 Å². The Hall–Kier alpha value is -1.52. The second-order valence-corrected chi connectivity index (χ2v) is 4.72. The number of hydrogen-bond acceptors (Lipinski definition) is 3. The number of hydrogen-bond donors (Lipinski definition) is 2. The van der Waals surface area contributed by atoms with Gasteiger partial charge in [-0.3, -0.25) is 4.79 Å². The lowest BCUT2D eigenvalue weighted by Crippen LogP contribution is -2.38. The van der Waals surface area contributed by atoms with E-state index < -0.39 is 5.97 Å². The van der Waals surface area contributed by atoms with E-state index in [1.165, 1.54) is 0 Å². The number of aromatic nitrogens is 2. The van der Waals surface area contributed by atoms with E-state index in [2.05, 4.69) is 10.3 Å². The quantitative estimate of drug-likeness (QED) is 0.823. The van der Waals surface area contributed by atoms with Crippen LogP contribution < -0.4 is 5.32 Å². The first-order chi connectivity index (χ1) is 8.15. The highest BCUT2D eigenvalue weighted by Crippen LogP contribution is 2.35.